The number of aryl methyl sites for hydroxylation is 1. The normalized spacial score (nSPS) is 11.0. The molecule has 2 N–H and O–H groups in total. The molecule has 0 aliphatic carbocycles. The standard InChI is InChI=1S/C23H19N3O3/c1-16-7-5-6-10-20(16)22(27)26-23(28)25-18-11-13-19(14-12-18)29-21(15-24)17-8-3-2-4-9-17/h2-14,21H,1H3,(H2,25,26,27,28). The van der Waals surface area contributed by atoms with Crippen LogP contribution in [0.15, 0.2) is 78.9 Å². The van der Waals surface area contributed by atoms with Crippen molar-refractivity contribution in [3.63, 3.8) is 0 Å². The molecule has 0 spiro atoms. The van der Waals surface area contributed by atoms with Gasteiger partial charge in [-0.15, -0.1) is 0 Å². The Balaban J connectivity index is 1.59. The van der Waals surface area contributed by atoms with Crippen molar-refractivity contribution < 1.29 is 14.3 Å². The van der Waals surface area contributed by atoms with E-state index in [0.717, 1.165) is 11.1 Å². The molecule has 1 atom stereocenters. The van der Waals surface area contributed by atoms with Gasteiger partial charge in [-0.3, -0.25) is 10.1 Å². The molecule has 29 heavy (non-hydrogen) atoms. The number of nitriles is 1. The number of imide groups is 1. The molecule has 0 aliphatic rings. The molecule has 3 amide bonds. The van der Waals surface area contributed by atoms with Crippen LogP contribution in [0.5, 0.6) is 5.75 Å². The first kappa shape index (κ1) is 19.6. The Morgan fingerprint density at radius 2 is 1.59 bits per heavy atom. The van der Waals surface area contributed by atoms with Crippen LogP contribution in [-0.4, -0.2) is 11.9 Å². The Labute approximate surface area is 168 Å². The summed E-state index contributed by atoms with van der Waals surface area (Å²) >= 11 is 0. The second kappa shape index (κ2) is 9.20. The Morgan fingerprint density at radius 1 is 0.931 bits per heavy atom. The average molecular weight is 385 g/mol. The third-order valence-electron chi connectivity index (χ3n) is 4.20. The number of ether oxygens (including phenoxy) is 1. The number of carbonyl (C=O) groups excluding carboxylic acids is 2. The Morgan fingerprint density at radius 3 is 2.24 bits per heavy atom. The van der Waals surface area contributed by atoms with E-state index in [-0.39, 0.29) is 0 Å². The van der Waals surface area contributed by atoms with Crippen molar-refractivity contribution in [2.24, 2.45) is 0 Å². The van der Waals surface area contributed by atoms with Gasteiger partial charge in [0, 0.05) is 16.8 Å². The summed E-state index contributed by atoms with van der Waals surface area (Å²) in [4.78, 5) is 24.3. The molecule has 0 bridgehead atoms. The van der Waals surface area contributed by atoms with Gasteiger partial charge in [-0.1, -0.05) is 48.5 Å². The maximum atomic E-state index is 12.2. The van der Waals surface area contributed by atoms with Crippen molar-refractivity contribution in [1.82, 2.24) is 5.32 Å². The summed E-state index contributed by atoms with van der Waals surface area (Å²) in [5, 5.41) is 14.2. The zero-order valence-electron chi connectivity index (χ0n) is 15.8. The first-order valence-electron chi connectivity index (χ1n) is 8.96. The molecule has 1 unspecified atom stereocenters. The van der Waals surface area contributed by atoms with Crippen molar-refractivity contribution in [2.75, 3.05) is 5.32 Å². The van der Waals surface area contributed by atoms with Gasteiger partial charge in [-0.25, -0.2) is 4.79 Å². The maximum Gasteiger partial charge on any atom is 0.326 e. The largest absolute Gasteiger partial charge is 0.471 e. The summed E-state index contributed by atoms with van der Waals surface area (Å²) in [7, 11) is 0. The minimum Gasteiger partial charge on any atom is -0.471 e. The third-order valence-corrected chi connectivity index (χ3v) is 4.20. The van der Waals surface area contributed by atoms with E-state index in [9.17, 15) is 14.9 Å². The number of nitrogens with one attached hydrogen (secondary N) is 2. The van der Waals surface area contributed by atoms with Crippen LogP contribution < -0.4 is 15.4 Å². The highest BCUT2D eigenvalue weighted by Gasteiger charge is 2.13. The smallest absolute Gasteiger partial charge is 0.326 e. The van der Waals surface area contributed by atoms with Crippen LogP contribution in [0.3, 0.4) is 0 Å². The number of rotatable bonds is 5. The zero-order chi connectivity index (χ0) is 20.6. The van der Waals surface area contributed by atoms with E-state index in [2.05, 4.69) is 16.7 Å². The molecule has 0 saturated carbocycles. The number of anilines is 1. The number of benzene rings is 3. The van der Waals surface area contributed by atoms with E-state index in [4.69, 9.17) is 4.74 Å². The van der Waals surface area contributed by atoms with E-state index < -0.39 is 18.0 Å². The quantitative estimate of drug-likeness (QED) is 0.671. The fourth-order valence-electron chi connectivity index (χ4n) is 2.71. The molecule has 0 aromatic heterocycles. The van der Waals surface area contributed by atoms with Gasteiger partial charge in [0.2, 0.25) is 6.10 Å². The van der Waals surface area contributed by atoms with Crippen LogP contribution in [0.25, 0.3) is 0 Å². The molecular weight excluding hydrogens is 366 g/mol. The Bertz CT molecular complexity index is 1040. The summed E-state index contributed by atoms with van der Waals surface area (Å²) < 4.78 is 5.70. The molecule has 6 nitrogen and oxygen atoms in total. The number of amides is 3. The SMILES string of the molecule is Cc1ccccc1C(=O)NC(=O)Nc1ccc(OC(C#N)c2ccccc2)cc1. The maximum absolute atomic E-state index is 12.2. The van der Waals surface area contributed by atoms with E-state index in [1.165, 1.54) is 0 Å². The average Bonchev–Trinajstić information content (AvgIpc) is 2.74. The van der Waals surface area contributed by atoms with Gasteiger partial charge in [0.1, 0.15) is 11.8 Å². The van der Waals surface area contributed by atoms with Crippen LogP contribution in [0.1, 0.15) is 27.6 Å². The minimum atomic E-state index is -0.731. The van der Waals surface area contributed by atoms with Crippen molar-refractivity contribution in [2.45, 2.75) is 13.0 Å². The summed E-state index contributed by atoms with van der Waals surface area (Å²) in [5.74, 6) is 0.0163. The molecule has 3 rings (SSSR count). The van der Waals surface area contributed by atoms with Gasteiger partial charge >= 0.3 is 6.03 Å². The Hall–Kier alpha value is -4.11. The number of carbonyl (C=O) groups is 2. The molecule has 3 aromatic rings. The van der Waals surface area contributed by atoms with Crippen LogP contribution in [0, 0.1) is 18.3 Å². The first-order valence-corrected chi connectivity index (χ1v) is 8.96. The van der Waals surface area contributed by atoms with Crippen molar-refractivity contribution in [1.29, 1.82) is 5.26 Å². The second-order valence-corrected chi connectivity index (χ2v) is 6.29. The molecule has 0 fully saturated rings. The molecule has 0 radical (unpaired) electrons. The highest BCUT2D eigenvalue weighted by molar-refractivity contribution is 6.08. The third kappa shape index (κ3) is 5.21. The summed E-state index contributed by atoms with van der Waals surface area (Å²) in [6.07, 6.45) is -0.731. The summed E-state index contributed by atoms with van der Waals surface area (Å²) in [6, 6.07) is 24.2. The molecule has 0 saturated heterocycles. The lowest BCUT2D eigenvalue weighted by Crippen LogP contribution is -2.34. The van der Waals surface area contributed by atoms with Gasteiger partial charge in [0.15, 0.2) is 0 Å². The molecule has 0 heterocycles. The van der Waals surface area contributed by atoms with Crippen LogP contribution in [0.2, 0.25) is 0 Å². The van der Waals surface area contributed by atoms with Crippen molar-refractivity contribution >= 4 is 17.6 Å². The minimum absolute atomic E-state index is 0.440. The monoisotopic (exact) mass is 385 g/mol. The highest BCUT2D eigenvalue weighted by Crippen LogP contribution is 2.23. The molecule has 3 aromatic carbocycles. The lowest BCUT2D eigenvalue weighted by Gasteiger charge is -2.13. The van der Waals surface area contributed by atoms with Crippen LogP contribution in [-0.2, 0) is 0 Å². The second-order valence-electron chi connectivity index (χ2n) is 6.29. The van der Waals surface area contributed by atoms with Crippen LogP contribution in [0.4, 0.5) is 10.5 Å². The molecular formula is C23H19N3O3. The number of hydrogen-bond acceptors (Lipinski definition) is 4. The number of nitrogens with zero attached hydrogens (tertiary/aromatic N) is 1. The summed E-state index contributed by atoms with van der Waals surface area (Å²) in [5.41, 5.74) is 2.46. The van der Waals surface area contributed by atoms with E-state index in [1.54, 1.807) is 49.4 Å². The van der Waals surface area contributed by atoms with Gasteiger partial charge in [-0.2, -0.15) is 5.26 Å². The molecule has 144 valence electrons. The highest BCUT2D eigenvalue weighted by atomic mass is 16.5. The van der Waals surface area contributed by atoms with Crippen molar-refractivity contribution in [3.8, 4) is 11.8 Å². The fourth-order valence-corrected chi connectivity index (χ4v) is 2.71. The van der Waals surface area contributed by atoms with Crippen LogP contribution >= 0.6 is 0 Å². The number of hydrogen-bond donors (Lipinski definition) is 2. The van der Waals surface area contributed by atoms with Gasteiger partial charge in [-0.05, 0) is 42.8 Å². The summed E-state index contributed by atoms with van der Waals surface area (Å²) in [6.45, 7) is 1.80. The van der Waals surface area contributed by atoms with E-state index >= 15 is 0 Å². The van der Waals surface area contributed by atoms with Gasteiger partial charge in [0.25, 0.3) is 5.91 Å². The fraction of sp³-hybridized carbons (Fsp3) is 0.0870. The van der Waals surface area contributed by atoms with Crippen molar-refractivity contribution in [3.05, 3.63) is 95.6 Å². The van der Waals surface area contributed by atoms with Gasteiger partial charge < -0.3 is 10.1 Å². The predicted octanol–water partition coefficient (Wildman–Crippen LogP) is 4.60. The molecule has 6 heteroatoms. The lowest BCUT2D eigenvalue weighted by atomic mass is 10.1. The molecule has 0 aliphatic heterocycles. The Kier molecular flexibility index (Phi) is 6.23. The van der Waals surface area contributed by atoms with E-state index in [0.29, 0.717) is 17.0 Å². The lowest BCUT2D eigenvalue weighted by molar-refractivity contribution is 0.0966. The van der Waals surface area contributed by atoms with E-state index in [1.807, 2.05) is 36.4 Å². The predicted molar refractivity (Wildman–Crippen MR) is 110 cm³/mol. The van der Waals surface area contributed by atoms with Gasteiger partial charge in [0.05, 0.1) is 0 Å². The number of urea groups is 1. The zero-order valence-corrected chi connectivity index (χ0v) is 15.8. The first-order chi connectivity index (χ1) is 14.1. The topological polar surface area (TPSA) is 91.2 Å².